The minimum atomic E-state index is -0.287. The number of ether oxygens (including phenoxy) is 1. The van der Waals surface area contributed by atoms with Crippen LogP contribution in [0, 0.1) is 0 Å². The summed E-state index contributed by atoms with van der Waals surface area (Å²) in [5.74, 6) is 4.78. The van der Waals surface area contributed by atoms with E-state index >= 15 is 0 Å². The number of benzene rings is 1. The number of carbonyl (C=O) groups excluding carboxylic acids is 1. The highest BCUT2D eigenvalue weighted by atomic mass is 16.5. The lowest BCUT2D eigenvalue weighted by molar-refractivity contribution is 0.0508. The Hall–Kier alpha value is -1.39. The predicted octanol–water partition coefficient (Wildman–Crippen LogP) is 1.61. The van der Waals surface area contributed by atoms with Crippen LogP contribution in [0.25, 0.3) is 0 Å². The molecular formula is C12H18N2O2. The van der Waals surface area contributed by atoms with Crippen molar-refractivity contribution in [1.29, 1.82) is 0 Å². The number of nitrogens with one attached hydrogen (secondary N) is 1. The van der Waals surface area contributed by atoms with E-state index in [0.29, 0.717) is 12.2 Å². The molecule has 4 nitrogen and oxygen atoms in total. The first-order valence-corrected chi connectivity index (χ1v) is 5.38. The van der Waals surface area contributed by atoms with Crippen LogP contribution < -0.4 is 11.3 Å². The average Bonchev–Trinajstić information content (AvgIpc) is 2.35. The Balaban J connectivity index is 2.64. The number of rotatable bonds is 5. The van der Waals surface area contributed by atoms with Crippen molar-refractivity contribution in [3.8, 4) is 0 Å². The molecule has 16 heavy (non-hydrogen) atoms. The van der Waals surface area contributed by atoms with Crippen LogP contribution in [0.4, 0.5) is 0 Å². The summed E-state index contributed by atoms with van der Waals surface area (Å²) in [6.45, 7) is 4.61. The minimum Gasteiger partial charge on any atom is -0.374 e. The SMILES string of the molecule is CCC(C)OCc1cccc(C(=O)NN)c1. The molecule has 1 unspecified atom stereocenters. The molecule has 0 aromatic heterocycles. The molecule has 0 saturated heterocycles. The van der Waals surface area contributed by atoms with Gasteiger partial charge in [0.05, 0.1) is 12.7 Å². The number of amides is 1. The largest absolute Gasteiger partial charge is 0.374 e. The van der Waals surface area contributed by atoms with Crippen molar-refractivity contribution in [1.82, 2.24) is 5.43 Å². The molecule has 0 radical (unpaired) electrons. The lowest BCUT2D eigenvalue weighted by Gasteiger charge is -2.11. The van der Waals surface area contributed by atoms with Crippen LogP contribution in [0.2, 0.25) is 0 Å². The molecule has 0 fully saturated rings. The van der Waals surface area contributed by atoms with Gasteiger partial charge in [0.25, 0.3) is 5.91 Å². The van der Waals surface area contributed by atoms with Gasteiger partial charge in [-0.3, -0.25) is 10.2 Å². The molecule has 1 atom stereocenters. The zero-order valence-electron chi connectivity index (χ0n) is 9.69. The van der Waals surface area contributed by atoms with E-state index < -0.39 is 0 Å². The molecule has 0 saturated carbocycles. The van der Waals surface area contributed by atoms with Gasteiger partial charge in [0.2, 0.25) is 0 Å². The van der Waals surface area contributed by atoms with Crippen molar-refractivity contribution in [3.63, 3.8) is 0 Å². The number of hydrogen-bond acceptors (Lipinski definition) is 3. The summed E-state index contributed by atoms with van der Waals surface area (Å²) >= 11 is 0. The van der Waals surface area contributed by atoms with Gasteiger partial charge in [0.1, 0.15) is 0 Å². The number of hydrogen-bond donors (Lipinski definition) is 2. The third-order valence-corrected chi connectivity index (χ3v) is 2.43. The maximum Gasteiger partial charge on any atom is 0.265 e. The Morgan fingerprint density at radius 2 is 2.31 bits per heavy atom. The lowest BCUT2D eigenvalue weighted by Crippen LogP contribution is -2.30. The Morgan fingerprint density at radius 3 is 2.94 bits per heavy atom. The molecule has 3 N–H and O–H groups in total. The highest BCUT2D eigenvalue weighted by Gasteiger charge is 2.05. The lowest BCUT2D eigenvalue weighted by atomic mass is 10.1. The number of carbonyl (C=O) groups is 1. The van der Waals surface area contributed by atoms with Crippen LogP contribution in [0.15, 0.2) is 24.3 Å². The summed E-state index contributed by atoms with van der Waals surface area (Å²) in [6.07, 6.45) is 1.20. The Morgan fingerprint density at radius 1 is 1.56 bits per heavy atom. The number of hydrazine groups is 1. The zero-order valence-corrected chi connectivity index (χ0v) is 9.69. The van der Waals surface area contributed by atoms with E-state index in [9.17, 15) is 4.79 Å². The fourth-order valence-corrected chi connectivity index (χ4v) is 1.24. The van der Waals surface area contributed by atoms with Crippen molar-refractivity contribution < 1.29 is 9.53 Å². The van der Waals surface area contributed by atoms with Gasteiger partial charge in [-0.25, -0.2) is 5.84 Å². The van der Waals surface area contributed by atoms with Gasteiger partial charge in [-0.15, -0.1) is 0 Å². The van der Waals surface area contributed by atoms with Crippen molar-refractivity contribution in [2.45, 2.75) is 33.0 Å². The minimum absolute atomic E-state index is 0.229. The van der Waals surface area contributed by atoms with E-state index in [2.05, 4.69) is 12.3 Å². The summed E-state index contributed by atoms with van der Waals surface area (Å²) in [5, 5.41) is 0. The van der Waals surface area contributed by atoms with E-state index in [1.54, 1.807) is 12.1 Å². The van der Waals surface area contributed by atoms with E-state index in [1.807, 2.05) is 19.1 Å². The molecule has 0 bridgehead atoms. The van der Waals surface area contributed by atoms with Crippen LogP contribution in [0.3, 0.4) is 0 Å². The first-order valence-electron chi connectivity index (χ1n) is 5.38. The van der Waals surface area contributed by atoms with Crippen LogP contribution in [-0.4, -0.2) is 12.0 Å². The van der Waals surface area contributed by atoms with Gasteiger partial charge in [0.15, 0.2) is 0 Å². The molecule has 1 rings (SSSR count). The van der Waals surface area contributed by atoms with Gasteiger partial charge in [-0.1, -0.05) is 19.1 Å². The van der Waals surface area contributed by atoms with E-state index in [0.717, 1.165) is 12.0 Å². The highest BCUT2D eigenvalue weighted by Crippen LogP contribution is 2.08. The van der Waals surface area contributed by atoms with Gasteiger partial charge in [-0.2, -0.15) is 0 Å². The summed E-state index contributed by atoms with van der Waals surface area (Å²) in [5.41, 5.74) is 3.63. The van der Waals surface area contributed by atoms with Crippen LogP contribution in [0.5, 0.6) is 0 Å². The Bertz CT molecular complexity index is 353. The van der Waals surface area contributed by atoms with Gasteiger partial charge < -0.3 is 4.74 Å². The molecule has 0 spiro atoms. The smallest absolute Gasteiger partial charge is 0.265 e. The first kappa shape index (κ1) is 12.7. The molecule has 1 amide bonds. The van der Waals surface area contributed by atoms with Gasteiger partial charge >= 0.3 is 0 Å². The van der Waals surface area contributed by atoms with Crippen molar-refractivity contribution in [3.05, 3.63) is 35.4 Å². The fraction of sp³-hybridized carbons (Fsp3) is 0.417. The molecule has 0 aliphatic rings. The topological polar surface area (TPSA) is 64.3 Å². The third kappa shape index (κ3) is 3.64. The predicted molar refractivity (Wildman–Crippen MR) is 62.6 cm³/mol. The van der Waals surface area contributed by atoms with Crippen molar-refractivity contribution in [2.75, 3.05) is 0 Å². The summed E-state index contributed by atoms with van der Waals surface area (Å²) < 4.78 is 5.58. The summed E-state index contributed by atoms with van der Waals surface area (Å²) in [7, 11) is 0. The molecule has 88 valence electrons. The second-order valence-corrected chi connectivity index (χ2v) is 3.70. The molecule has 4 heteroatoms. The van der Waals surface area contributed by atoms with Crippen molar-refractivity contribution >= 4 is 5.91 Å². The van der Waals surface area contributed by atoms with Crippen LogP contribution in [-0.2, 0) is 11.3 Å². The molecule has 0 heterocycles. The zero-order chi connectivity index (χ0) is 12.0. The van der Waals surface area contributed by atoms with Crippen LogP contribution in [0.1, 0.15) is 36.2 Å². The monoisotopic (exact) mass is 222 g/mol. The van der Waals surface area contributed by atoms with E-state index in [4.69, 9.17) is 10.6 Å². The van der Waals surface area contributed by atoms with E-state index in [1.165, 1.54) is 0 Å². The average molecular weight is 222 g/mol. The Labute approximate surface area is 95.8 Å². The van der Waals surface area contributed by atoms with Crippen molar-refractivity contribution in [2.24, 2.45) is 5.84 Å². The maximum atomic E-state index is 11.3. The molecule has 1 aromatic carbocycles. The van der Waals surface area contributed by atoms with E-state index in [-0.39, 0.29) is 12.0 Å². The molecular weight excluding hydrogens is 204 g/mol. The fourth-order valence-electron chi connectivity index (χ4n) is 1.24. The summed E-state index contributed by atoms with van der Waals surface area (Å²) in [6, 6.07) is 7.25. The number of nitrogens with two attached hydrogens (primary N) is 1. The second-order valence-electron chi connectivity index (χ2n) is 3.70. The second kappa shape index (κ2) is 6.25. The van der Waals surface area contributed by atoms with Gasteiger partial charge in [-0.05, 0) is 31.0 Å². The standard InChI is InChI=1S/C12H18N2O2/c1-3-9(2)16-8-10-5-4-6-11(7-10)12(15)14-13/h4-7,9H,3,8,13H2,1-2H3,(H,14,15). The molecule has 0 aliphatic heterocycles. The number of nitrogen functional groups attached to an aromatic ring is 1. The quantitative estimate of drug-likeness (QED) is 0.452. The Kier molecular flexibility index (Phi) is 4.95. The third-order valence-electron chi connectivity index (χ3n) is 2.43. The molecule has 0 aliphatic carbocycles. The summed E-state index contributed by atoms with van der Waals surface area (Å²) in [4.78, 5) is 11.3. The molecule has 1 aromatic rings. The first-order chi connectivity index (χ1) is 7.67. The highest BCUT2D eigenvalue weighted by molar-refractivity contribution is 5.93. The van der Waals surface area contributed by atoms with Crippen LogP contribution >= 0.6 is 0 Å². The normalized spacial score (nSPS) is 12.2. The van der Waals surface area contributed by atoms with Gasteiger partial charge in [0, 0.05) is 5.56 Å². The maximum absolute atomic E-state index is 11.3.